The maximum Gasteiger partial charge on any atom is 0.100 e. The second-order valence-electron chi connectivity index (χ2n) is 15.7. The third-order valence-corrected chi connectivity index (χ3v) is 12.3. The molecule has 0 bridgehead atoms. The van der Waals surface area contributed by atoms with Crippen molar-refractivity contribution < 1.29 is 0 Å². The monoisotopic (exact) mass is 766 g/mol. The first-order chi connectivity index (χ1) is 29.8. The van der Waals surface area contributed by atoms with Crippen LogP contribution in [0.1, 0.15) is 17.5 Å². The lowest BCUT2D eigenvalue weighted by Gasteiger charge is -2.49. The molecule has 1 aliphatic carbocycles. The summed E-state index contributed by atoms with van der Waals surface area (Å²) < 4.78 is 2.43. The number of allylic oxidation sites excluding steroid dienone is 2. The van der Waals surface area contributed by atoms with Gasteiger partial charge in [-0.3, -0.25) is 0 Å². The van der Waals surface area contributed by atoms with Crippen LogP contribution >= 0.6 is 0 Å². The number of benzene rings is 9. The molecule has 1 aliphatic rings. The number of nitrogens with zero attached hydrogens (tertiary/aromatic N) is 2. The van der Waals surface area contributed by atoms with Gasteiger partial charge in [0.15, 0.2) is 0 Å². The number of para-hydroxylation sites is 2. The van der Waals surface area contributed by atoms with Gasteiger partial charge < -0.3 is 9.47 Å². The quantitative estimate of drug-likeness (QED) is 0.150. The van der Waals surface area contributed by atoms with E-state index in [1.54, 1.807) is 0 Å². The molecular weight excluding hydrogens is 725 g/mol. The van der Waals surface area contributed by atoms with Crippen LogP contribution in [0, 0.1) is 0 Å². The first-order valence-electron chi connectivity index (χ1n) is 20.8. The number of anilines is 2. The largest absolute Gasteiger partial charge is 0.326 e. The molecule has 0 aliphatic heterocycles. The van der Waals surface area contributed by atoms with Gasteiger partial charge in [0.2, 0.25) is 0 Å². The lowest BCUT2D eigenvalue weighted by Crippen LogP contribution is -2.45. The van der Waals surface area contributed by atoms with Gasteiger partial charge in [-0.2, -0.15) is 0 Å². The molecule has 1 atom stereocenters. The van der Waals surface area contributed by atoms with Crippen LogP contribution in [0.5, 0.6) is 0 Å². The molecule has 1 heterocycles. The zero-order valence-electron chi connectivity index (χ0n) is 33.2. The highest BCUT2D eigenvalue weighted by molar-refractivity contribution is 6.16. The van der Waals surface area contributed by atoms with E-state index in [0.717, 1.165) is 23.5 Å². The van der Waals surface area contributed by atoms with Gasteiger partial charge >= 0.3 is 0 Å². The van der Waals surface area contributed by atoms with Crippen molar-refractivity contribution in [2.24, 2.45) is 0 Å². The van der Waals surface area contributed by atoms with Crippen molar-refractivity contribution in [3.05, 3.63) is 254 Å². The van der Waals surface area contributed by atoms with E-state index in [1.165, 1.54) is 71.5 Å². The Morgan fingerprint density at radius 3 is 1.88 bits per heavy atom. The molecule has 0 fully saturated rings. The SMILES string of the molecule is C1=CCC(c2ccccc2-c2ccccc2)(N(c2ccc(-c3ccc4ccccc4c3)cc2)c2cccc3c2c2ccccc2n3-c2ccccc2)C(c2ccccc2)=C1. The van der Waals surface area contributed by atoms with Gasteiger partial charge in [-0.05, 0) is 105 Å². The zero-order valence-corrected chi connectivity index (χ0v) is 33.2. The second kappa shape index (κ2) is 14.9. The fourth-order valence-electron chi connectivity index (χ4n) is 9.68. The van der Waals surface area contributed by atoms with Gasteiger partial charge in [0, 0.05) is 22.1 Å². The van der Waals surface area contributed by atoms with Crippen LogP contribution in [-0.4, -0.2) is 4.57 Å². The maximum absolute atomic E-state index is 2.67. The Hall–Kier alpha value is -7.68. The molecule has 1 unspecified atom stereocenters. The number of hydrogen-bond acceptors (Lipinski definition) is 1. The van der Waals surface area contributed by atoms with E-state index in [1.807, 2.05) is 0 Å². The van der Waals surface area contributed by atoms with Crippen molar-refractivity contribution in [3.8, 4) is 27.9 Å². The zero-order chi connectivity index (χ0) is 39.9. The minimum Gasteiger partial charge on any atom is -0.326 e. The number of hydrogen-bond donors (Lipinski definition) is 0. The Balaban J connectivity index is 1.24. The summed E-state index contributed by atoms with van der Waals surface area (Å²) in [4.78, 5) is 2.67. The summed E-state index contributed by atoms with van der Waals surface area (Å²) >= 11 is 0. The Kier molecular flexibility index (Phi) is 8.82. The summed E-state index contributed by atoms with van der Waals surface area (Å²) in [6.45, 7) is 0. The highest BCUT2D eigenvalue weighted by Gasteiger charge is 2.46. The lowest BCUT2D eigenvalue weighted by atomic mass is 9.70. The number of fused-ring (bicyclic) bond motifs is 4. The molecule has 0 saturated heterocycles. The maximum atomic E-state index is 2.67. The molecule has 284 valence electrons. The van der Waals surface area contributed by atoms with Crippen LogP contribution in [0.2, 0.25) is 0 Å². The summed E-state index contributed by atoms with van der Waals surface area (Å²) in [5.41, 5.74) is 13.6. The highest BCUT2D eigenvalue weighted by Crippen LogP contribution is 2.56. The van der Waals surface area contributed by atoms with Crippen molar-refractivity contribution in [2.45, 2.75) is 12.0 Å². The molecule has 9 aromatic carbocycles. The first kappa shape index (κ1) is 35.5. The van der Waals surface area contributed by atoms with E-state index in [-0.39, 0.29) is 0 Å². The summed E-state index contributed by atoms with van der Waals surface area (Å²) in [5.74, 6) is 0. The van der Waals surface area contributed by atoms with Crippen LogP contribution in [0.4, 0.5) is 11.4 Å². The molecule has 0 saturated carbocycles. The van der Waals surface area contributed by atoms with E-state index in [4.69, 9.17) is 0 Å². The molecule has 2 nitrogen and oxygen atoms in total. The fourth-order valence-corrected chi connectivity index (χ4v) is 9.68. The van der Waals surface area contributed by atoms with Gasteiger partial charge in [0.1, 0.15) is 5.54 Å². The van der Waals surface area contributed by atoms with Gasteiger partial charge in [-0.25, -0.2) is 0 Å². The summed E-state index contributed by atoms with van der Waals surface area (Å²) in [5, 5.41) is 4.92. The predicted octanol–water partition coefficient (Wildman–Crippen LogP) is 15.3. The fraction of sp³-hybridized carbons (Fsp3) is 0.0345. The van der Waals surface area contributed by atoms with Crippen LogP contribution in [0.25, 0.3) is 66.1 Å². The third-order valence-electron chi connectivity index (χ3n) is 12.3. The molecule has 2 heteroatoms. The molecule has 11 rings (SSSR count). The van der Waals surface area contributed by atoms with Gasteiger partial charge in [-0.1, -0.05) is 194 Å². The van der Waals surface area contributed by atoms with Crippen LogP contribution in [-0.2, 0) is 5.54 Å². The Morgan fingerprint density at radius 2 is 1.08 bits per heavy atom. The standard InChI is InChI=1S/C58H42N2/c1-4-20-44(21-5-1)50-27-12-14-30-53(50)58(40-17-16-29-52(58)45-22-6-2-7-23-45)60(49-38-36-43(37-39-49)47-35-34-42-19-10-11-24-46(42)41-47)56-33-18-32-55-57(56)51-28-13-15-31-54(51)59(55)48-25-8-3-9-26-48/h1-39,41H,40H2. The van der Waals surface area contributed by atoms with Crippen molar-refractivity contribution in [2.75, 3.05) is 4.90 Å². The molecule has 60 heavy (non-hydrogen) atoms. The van der Waals surface area contributed by atoms with E-state index >= 15 is 0 Å². The topological polar surface area (TPSA) is 8.17 Å². The van der Waals surface area contributed by atoms with E-state index in [9.17, 15) is 0 Å². The van der Waals surface area contributed by atoms with E-state index < -0.39 is 5.54 Å². The van der Waals surface area contributed by atoms with Crippen molar-refractivity contribution in [1.29, 1.82) is 0 Å². The van der Waals surface area contributed by atoms with E-state index in [0.29, 0.717) is 0 Å². The summed E-state index contributed by atoms with van der Waals surface area (Å²) in [7, 11) is 0. The summed E-state index contributed by atoms with van der Waals surface area (Å²) in [6.07, 6.45) is 7.70. The van der Waals surface area contributed by atoms with Crippen molar-refractivity contribution in [1.82, 2.24) is 4.57 Å². The van der Waals surface area contributed by atoms with Crippen LogP contribution < -0.4 is 4.90 Å². The molecule has 10 aromatic rings. The average Bonchev–Trinajstić information content (AvgIpc) is 3.68. The van der Waals surface area contributed by atoms with Gasteiger partial charge in [0.05, 0.1) is 16.7 Å². The number of aromatic nitrogens is 1. The minimum atomic E-state index is -0.683. The molecular formula is C58H42N2. The number of rotatable bonds is 8. The summed E-state index contributed by atoms with van der Waals surface area (Å²) in [6, 6.07) is 82.1. The average molecular weight is 767 g/mol. The van der Waals surface area contributed by atoms with Gasteiger partial charge in [0.25, 0.3) is 0 Å². The Morgan fingerprint density at radius 1 is 0.450 bits per heavy atom. The highest BCUT2D eigenvalue weighted by atomic mass is 15.2. The molecule has 0 N–H and O–H groups in total. The van der Waals surface area contributed by atoms with Gasteiger partial charge in [-0.15, -0.1) is 0 Å². The smallest absolute Gasteiger partial charge is 0.100 e. The normalized spacial score (nSPS) is 15.0. The predicted molar refractivity (Wildman–Crippen MR) is 254 cm³/mol. The minimum absolute atomic E-state index is 0.683. The van der Waals surface area contributed by atoms with Crippen molar-refractivity contribution >= 4 is 49.5 Å². The van der Waals surface area contributed by atoms with Crippen molar-refractivity contribution in [3.63, 3.8) is 0 Å². The van der Waals surface area contributed by atoms with E-state index in [2.05, 4.69) is 252 Å². The lowest BCUT2D eigenvalue weighted by molar-refractivity contribution is 0.569. The Bertz CT molecular complexity index is 3210. The van der Waals surface area contributed by atoms with Crippen LogP contribution in [0.3, 0.4) is 0 Å². The second-order valence-corrected chi connectivity index (χ2v) is 15.7. The molecule has 1 aromatic heterocycles. The van der Waals surface area contributed by atoms with Crippen LogP contribution in [0.15, 0.2) is 243 Å². The Labute approximate surface area is 351 Å². The molecule has 0 spiro atoms. The third kappa shape index (κ3) is 5.88. The molecule has 0 amide bonds. The molecule has 0 radical (unpaired) electrons. The first-order valence-corrected chi connectivity index (χ1v) is 20.8.